The highest BCUT2D eigenvalue weighted by Crippen LogP contribution is 2.24. The van der Waals surface area contributed by atoms with Crippen molar-refractivity contribution >= 4 is 10.9 Å². The highest BCUT2D eigenvalue weighted by molar-refractivity contribution is 5.84. The first kappa shape index (κ1) is 9.25. The SMILES string of the molecule is CCCc1cc(C)c2cc[nH]c2c1F. The number of aryl methyl sites for hydroxylation is 2. The van der Waals surface area contributed by atoms with Crippen molar-refractivity contribution in [3.05, 3.63) is 35.3 Å². The van der Waals surface area contributed by atoms with Crippen LogP contribution in [0.15, 0.2) is 18.3 Å². The van der Waals surface area contributed by atoms with Gasteiger partial charge in [-0.15, -0.1) is 0 Å². The number of hydrogen-bond acceptors (Lipinski definition) is 0. The smallest absolute Gasteiger partial charge is 0.150 e. The van der Waals surface area contributed by atoms with Crippen molar-refractivity contribution in [3.63, 3.8) is 0 Å². The van der Waals surface area contributed by atoms with Crippen LogP contribution in [0.5, 0.6) is 0 Å². The summed E-state index contributed by atoms with van der Waals surface area (Å²) >= 11 is 0. The van der Waals surface area contributed by atoms with Crippen LogP contribution >= 0.6 is 0 Å². The lowest BCUT2D eigenvalue weighted by molar-refractivity contribution is 0.616. The average Bonchev–Trinajstić information content (AvgIpc) is 2.63. The Labute approximate surface area is 82.9 Å². The van der Waals surface area contributed by atoms with E-state index in [4.69, 9.17) is 0 Å². The van der Waals surface area contributed by atoms with Gasteiger partial charge in [-0.25, -0.2) is 4.39 Å². The molecule has 0 saturated carbocycles. The van der Waals surface area contributed by atoms with Crippen molar-refractivity contribution in [3.8, 4) is 0 Å². The van der Waals surface area contributed by atoms with Crippen LogP contribution in [0.1, 0.15) is 24.5 Å². The molecule has 0 aliphatic carbocycles. The van der Waals surface area contributed by atoms with E-state index in [2.05, 4.69) is 11.9 Å². The van der Waals surface area contributed by atoms with Crippen LogP contribution in [0.3, 0.4) is 0 Å². The molecule has 0 amide bonds. The van der Waals surface area contributed by atoms with Gasteiger partial charge in [-0.05, 0) is 30.5 Å². The standard InChI is InChI=1S/C12H14FN/c1-3-4-9-7-8(2)10-5-6-14-12(10)11(9)13/h5-7,14H,3-4H2,1-2H3. The molecular formula is C12H14FN. The summed E-state index contributed by atoms with van der Waals surface area (Å²) in [7, 11) is 0. The van der Waals surface area contributed by atoms with Gasteiger partial charge in [0.05, 0.1) is 5.52 Å². The van der Waals surface area contributed by atoms with Gasteiger partial charge in [0.1, 0.15) is 5.82 Å². The number of nitrogens with one attached hydrogen (secondary N) is 1. The molecule has 0 atom stereocenters. The highest BCUT2D eigenvalue weighted by atomic mass is 19.1. The van der Waals surface area contributed by atoms with Crippen molar-refractivity contribution in [2.24, 2.45) is 0 Å². The number of benzene rings is 1. The van der Waals surface area contributed by atoms with E-state index in [0.29, 0.717) is 5.52 Å². The normalized spacial score (nSPS) is 11.1. The molecule has 14 heavy (non-hydrogen) atoms. The van der Waals surface area contributed by atoms with Crippen molar-refractivity contribution in [2.75, 3.05) is 0 Å². The first-order valence-corrected chi connectivity index (χ1v) is 4.99. The van der Waals surface area contributed by atoms with Crippen LogP contribution in [0, 0.1) is 12.7 Å². The molecule has 2 rings (SSSR count). The molecule has 1 aromatic carbocycles. The summed E-state index contributed by atoms with van der Waals surface area (Å²) < 4.78 is 13.8. The molecule has 1 nitrogen and oxygen atoms in total. The minimum absolute atomic E-state index is 0.0857. The lowest BCUT2D eigenvalue weighted by Gasteiger charge is -2.05. The molecular weight excluding hydrogens is 177 g/mol. The van der Waals surface area contributed by atoms with E-state index < -0.39 is 0 Å². The fraction of sp³-hybridized carbons (Fsp3) is 0.333. The van der Waals surface area contributed by atoms with E-state index in [9.17, 15) is 4.39 Å². The fourth-order valence-corrected chi connectivity index (χ4v) is 1.89. The molecule has 0 bridgehead atoms. The number of fused-ring (bicyclic) bond motifs is 1. The third-order valence-electron chi connectivity index (χ3n) is 2.58. The third-order valence-corrected chi connectivity index (χ3v) is 2.58. The maximum Gasteiger partial charge on any atom is 0.150 e. The van der Waals surface area contributed by atoms with E-state index in [0.717, 1.165) is 29.4 Å². The molecule has 1 heterocycles. The van der Waals surface area contributed by atoms with Crippen LogP contribution in [0.25, 0.3) is 10.9 Å². The summed E-state index contributed by atoms with van der Waals surface area (Å²) in [6.45, 7) is 4.09. The minimum Gasteiger partial charge on any atom is -0.359 e. The second kappa shape index (κ2) is 3.45. The molecule has 2 heteroatoms. The highest BCUT2D eigenvalue weighted by Gasteiger charge is 2.09. The molecule has 0 aliphatic rings. The summed E-state index contributed by atoms with van der Waals surface area (Å²) in [5.41, 5.74) is 2.61. The number of hydrogen-bond donors (Lipinski definition) is 1. The van der Waals surface area contributed by atoms with Crippen LogP contribution in [-0.4, -0.2) is 4.98 Å². The number of halogens is 1. The van der Waals surface area contributed by atoms with Crippen LogP contribution < -0.4 is 0 Å². The molecule has 0 radical (unpaired) electrons. The number of aromatic nitrogens is 1. The second-order valence-corrected chi connectivity index (χ2v) is 3.68. The molecule has 0 unspecified atom stereocenters. The largest absolute Gasteiger partial charge is 0.359 e. The third kappa shape index (κ3) is 1.31. The Hall–Kier alpha value is -1.31. The molecule has 0 aliphatic heterocycles. The fourth-order valence-electron chi connectivity index (χ4n) is 1.89. The van der Waals surface area contributed by atoms with E-state index in [1.54, 1.807) is 6.20 Å². The van der Waals surface area contributed by atoms with Crippen molar-refractivity contribution in [1.29, 1.82) is 0 Å². The molecule has 2 aromatic rings. The Kier molecular flexibility index (Phi) is 2.28. The van der Waals surface area contributed by atoms with E-state index in [1.165, 1.54) is 0 Å². The van der Waals surface area contributed by atoms with Gasteiger partial charge in [0.15, 0.2) is 0 Å². The number of rotatable bonds is 2. The maximum absolute atomic E-state index is 13.8. The van der Waals surface area contributed by atoms with Crippen LogP contribution in [0.2, 0.25) is 0 Å². The Balaban J connectivity index is 2.68. The zero-order valence-corrected chi connectivity index (χ0v) is 8.52. The van der Waals surface area contributed by atoms with Gasteiger partial charge < -0.3 is 4.98 Å². The lowest BCUT2D eigenvalue weighted by atomic mass is 10.0. The van der Waals surface area contributed by atoms with Gasteiger partial charge in [0.2, 0.25) is 0 Å². The Bertz CT molecular complexity index is 457. The predicted octanol–water partition coefficient (Wildman–Crippen LogP) is 3.57. The number of aromatic amines is 1. The van der Waals surface area contributed by atoms with E-state index in [1.807, 2.05) is 19.1 Å². The monoisotopic (exact) mass is 191 g/mol. The topological polar surface area (TPSA) is 15.8 Å². The molecule has 0 saturated heterocycles. The molecule has 0 spiro atoms. The lowest BCUT2D eigenvalue weighted by Crippen LogP contribution is -1.92. The van der Waals surface area contributed by atoms with Crippen LogP contribution in [0.4, 0.5) is 4.39 Å². The minimum atomic E-state index is -0.0857. The predicted molar refractivity (Wildman–Crippen MR) is 57.0 cm³/mol. The summed E-state index contributed by atoms with van der Waals surface area (Å²) in [6.07, 6.45) is 3.57. The summed E-state index contributed by atoms with van der Waals surface area (Å²) in [4.78, 5) is 2.95. The summed E-state index contributed by atoms with van der Waals surface area (Å²) in [5, 5.41) is 0.988. The molecule has 1 aromatic heterocycles. The van der Waals surface area contributed by atoms with E-state index in [-0.39, 0.29) is 5.82 Å². The molecule has 0 fully saturated rings. The molecule has 1 N–H and O–H groups in total. The first-order valence-electron chi connectivity index (χ1n) is 4.99. The summed E-state index contributed by atoms with van der Waals surface area (Å²) in [5.74, 6) is -0.0857. The molecule has 74 valence electrons. The zero-order valence-electron chi connectivity index (χ0n) is 8.52. The van der Waals surface area contributed by atoms with Crippen molar-refractivity contribution in [2.45, 2.75) is 26.7 Å². The Morgan fingerprint density at radius 1 is 1.43 bits per heavy atom. The average molecular weight is 191 g/mol. The van der Waals surface area contributed by atoms with Gasteiger partial charge in [0, 0.05) is 11.6 Å². The van der Waals surface area contributed by atoms with Gasteiger partial charge >= 0.3 is 0 Å². The summed E-state index contributed by atoms with van der Waals surface area (Å²) in [6, 6.07) is 3.87. The van der Waals surface area contributed by atoms with Crippen molar-refractivity contribution in [1.82, 2.24) is 4.98 Å². The second-order valence-electron chi connectivity index (χ2n) is 3.68. The zero-order chi connectivity index (χ0) is 10.1. The Morgan fingerprint density at radius 2 is 2.21 bits per heavy atom. The van der Waals surface area contributed by atoms with E-state index >= 15 is 0 Å². The van der Waals surface area contributed by atoms with Crippen LogP contribution in [-0.2, 0) is 6.42 Å². The number of H-pyrrole nitrogens is 1. The van der Waals surface area contributed by atoms with Crippen molar-refractivity contribution < 1.29 is 4.39 Å². The quantitative estimate of drug-likeness (QED) is 0.747. The van der Waals surface area contributed by atoms with Gasteiger partial charge in [-0.1, -0.05) is 19.4 Å². The Morgan fingerprint density at radius 3 is 2.93 bits per heavy atom. The van der Waals surface area contributed by atoms with Gasteiger partial charge in [-0.2, -0.15) is 0 Å². The van der Waals surface area contributed by atoms with Gasteiger partial charge in [0.25, 0.3) is 0 Å². The first-order chi connectivity index (χ1) is 6.74. The maximum atomic E-state index is 13.8. The van der Waals surface area contributed by atoms with Gasteiger partial charge in [-0.3, -0.25) is 0 Å².